The van der Waals surface area contributed by atoms with Crippen molar-refractivity contribution in [3.63, 3.8) is 0 Å². The van der Waals surface area contributed by atoms with Gasteiger partial charge < -0.3 is 14.7 Å². The quantitative estimate of drug-likeness (QED) is 0.807. The molecule has 0 aromatic heterocycles. The second-order valence-electron chi connectivity index (χ2n) is 6.75. The van der Waals surface area contributed by atoms with Crippen molar-refractivity contribution in [1.82, 2.24) is 10.2 Å². The molecule has 126 valence electrons. The fourth-order valence-electron chi connectivity index (χ4n) is 4.07. The van der Waals surface area contributed by atoms with E-state index in [9.17, 15) is 18.7 Å². The third-order valence-corrected chi connectivity index (χ3v) is 5.52. The van der Waals surface area contributed by atoms with Crippen LogP contribution < -0.4 is 5.32 Å². The Labute approximate surface area is 129 Å². The van der Waals surface area contributed by atoms with Gasteiger partial charge in [-0.05, 0) is 19.8 Å². The maximum absolute atomic E-state index is 13.2. The fourth-order valence-corrected chi connectivity index (χ4v) is 4.07. The van der Waals surface area contributed by atoms with Crippen molar-refractivity contribution in [1.29, 1.82) is 0 Å². The third kappa shape index (κ3) is 2.63. The number of nitrogens with zero attached hydrogens (tertiary/aromatic N) is 1. The number of aliphatic hydroxyl groups is 1. The third-order valence-electron chi connectivity index (χ3n) is 5.52. The van der Waals surface area contributed by atoms with E-state index in [1.807, 2.05) is 6.92 Å². The number of carbonyl (C=O) groups is 1. The first kappa shape index (κ1) is 16.1. The summed E-state index contributed by atoms with van der Waals surface area (Å²) in [6.07, 6.45) is 1.26. The molecule has 3 atom stereocenters. The summed E-state index contributed by atoms with van der Waals surface area (Å²) in [6.45, 7) is 3.13. The van der Waals surface area contributed by atoms with Gasteiger partial charge in [-0.25, -0.2) is 8.78 Å². The van der Waals surface area contributed by atoms with Gasteiger partial charge in [0.25, 0.3) is 5.92 Å². The van der Waals surface area contributed by atoms with Gasteiger partial charge in [-0.3, -0.25) is 10.1 Å². The van der Waals surface area contributed by atoms with Crippen molar-refractivity contribution < 1.29 is 23.4 Å². The second-order valence-corrected chi connectivity index (χ2v) is 6.75. The molecular formula is C15H24F2N2O3. The highest BCUT2D eigenvalue weighted by molar-refractivity contribution is 5.82. The molecule has 0 aromatic carbocycles. The number of hydrogen-bond donors (Lipinski definition) is 2. The summed E-state index contributed by atoms with van der Waals surface area (Å²) in [7, 11) is 0. The van der Waals surface area contributed by atoms with Crippen LogP contribution in [0.1, 0.15) is 32.6 Å². The molecule has 0 aromatic rings. The molecule has 2 saturated heterocycles. The van der Waals surface area contributed by atoms with Crippen molar-refractivity contribution in [2.24, 2.45) is 5.41 Å². The lowest BCUT2D eigenvalue weighted by Gasteiger charge is -2.56. The SMILES string of the molecule is CCOC1CC(O)C12CCN(C(=O)C1CC(F)(F)CN1)CC2. The molecule has 0 radical (unpaired) electrons. The Morgan fingerprint density at radius 3 is 2.59 bits per heavy atom. The van der Waals surface area contributed by atoms with Crippen LogP contribution in [-0.2, 0) is 9.53 Å². The number of nitrogens with one attached hydrogen (secondary N) is 1. The van der Waals surface area contributed by atoms with E-state index in [0.29, 0.717) is 39.0 Å². The van der Waals surface area contributed by atoms with Crippen LogP contribution in [0, 0.1) is 5.41 Å². The van der Waals surface area contributed by atoms with Crippen LogP contribution in [-0.4, -0.2) is 66.3 Å². The smallest absolute Gasteiger partial charge is 0.262 e. The maximum atomic E-state index is 13.2. The number of rotatable bonds is 3. The average Bonchev–Trinajstić information content (AvgIpc) is 2.87. The number of aliphatic hydroxyl groups excluding tert-OH is 1. The van der Waals surface area contributed by atoms with E-state index in [0.717, 1.165) is 0 Å². The molecule has 1 spiro atoms. The summed E-state index contributed by atoms with van der Waals surface area (Å²) in [5.41, 5.74) is -0.250. The summed E-state index contributed by atoms with van der Waals surface area (Å²) >= 11 is 0. The first-order valence-corrected chi connectivity index (χ1v) is 8.08. The molecular weight excluding hydrogens is 294 g/mol. The van der Waals surface area contributed by atoms with E-state index in [-0.39, 0.29) is 23.5 Å². The van der Waals surface area contributed by atoms with Gasteiger partial charge in [-0.1, -0.05) is 0 Å². The van der Waals surface area contributed by atoms with Gasteiger partial charge in [0.2, 0.25) is 5.91 Å². The molecule has 1 saturated carbocycles. The molecule has 1 amide bonds. The second kappa shape index (κ2) is 5.69. The zero-order chi connectivity index (χ0) is 16.0. The van der Waals surface area contributed by atoms with Crippen molar-refractivity contribution in [2.75, 3.05) is 26.2 Å². The number of likely N-dealkylation sites (tertiary alicyclic amines) is 1. The number of piperidine rings is 1. The summed E-state index contributed by atoms with van der Waals surface area (Å²) < 4.78 is 32.1. The molecule has 5 nitrogen and oxygen atoms in total. The minimum atomic E-state index is -2.79. The summed E-state index contributed by atoms with van der Waals surface area (Å²) in [5, 5.41) is 12.7. The maximum Gasteiger partial charge on any atom is 0.262 e. The monoisotopic (exact) mass is 318 g/mol. The van der Waals surface area contributed by atoms with E-state index < -0.39 is 24.9 Å². The van der Waals surface area contributed by atoms with Gasteiger partial charge in [-0.2, -0.15) is 0 Å². The highest BCUT2D eigenvalue weighted by atomic mass is 19.3. The largest absolute Gasteiger partial charge is 0.392 e. The minimum absolute atomic E-state index is 0.0543. The topological polar surface area (TPSA) is 61.8 Å². The fraction of sp³-hybridized carbons (Fsp3) is 0.933. The predicted molar refractivity (Wildman–Crippen MR) is 75.6 cm³/mol. The number of amides is 1. The molecule has 1 aliphatic carbocycles. The number of halogens is 2. The van der Waals surface area contributed by atoms with E-state index in [1.54, 1.807) is 4.90 Å². The molecule has 3 aliphatic rings. The number of hydrogen-bond acceptors (Lipinski definition) is 4. The van der Waals surface area contributed by atoms with Crippen LogP contribution in [0.3, 0.4) is 0 Å². The molecule has 2 N–H and O–H groups in total. The van der Waals surface area contributed by atoms with Crippen LogP contribution in [0.4, 0.5) is 8.78 Å². The molecule has 3 fully saturated rings. The molecule has 22 heavy (non-hydrogen) atoms. The summed E-state index contributed by atoms with van der Waals surface area (Å²) in [4.78, 5) is 14.0. The Hall–Kier alpha value is -0.790. The normalized spacial score (nSPS) is 36.4. The standard InChI is InChI=1S/C15H24F2N2O3/c1-2-22-12-7-11(20)14(12)3-5-19(6-4-14)13(21)10-8-15(16,17)9-18-10/h10-12,18,20H,2-9H2,1H3. The van der Waals surface area contributed by atoms with Gasteiger partial charge in [-0.15, -0.1) is 0 Å². The highest BCUT2D eigenvalue weighted by Crippen LogP contribution is 2.51. The lowest BCUT2D eigenvalue weighted by molar-refractivity contribution is -0.210. The van der Waals surface area contributed by atoms with Crippen LogP contribution in [0.25, 0.3) is 0 Å². The van der Waals surface area contributed by atoms with Gasteiger partial charge in [0.15, 0.2) is 0 Å². The van der Waals surface area contributed by atoms with Crippen molar-refractivity contribution in [3.8, 4) is 0 Å². The molecule has 3 rings (SSSR count). The predicted octanol–water partition coefficient (Wildman–Crippen LogP) is 0.762. The van der Waals surface area contributed by atoms with Crippen molar-refractivity contribution >= 4 is 5.91 Å². The molecule has 2 heterocycles. The molecule has 7 heteroatoms. The Kier molecular flexibility index (Phi) is 4.16. The van der Waals surface area contributed by atoms with Gasteiger partial charge in [0.1, 0.15) is 0 Å². The molecule has 3 unspecified atom stereocenters. The van der Waals surface area contributed by atoms with Crippen molar-refractivity contribution in [3.05, 3.63) is 0 Å². The number of carbonyl (C=O) groups excluding carboxylic acids is 1. The van der Waals surface area contributed by atoms with E-state index >= 15 is 0 Å². The number of ether oxygens (including phenoxy) is 1. The highest BCUT2D eigenvalue weighted by Gasteiger charge is 2.56. The Morgan fingerprint density at radius 2 is 2.09 bits per heavy atom. The van der Waals surface area contributed by atoms with Crippen LogP contribution in [0.5, 0.6) is 0 Å². The molecule has 2 aliphatic heterocycles. The minimum Gasteiger partial charge on any atom is -0.392 e. The zero-order valence-corrected chi connectivity index (χ0v) is 12.9. The first-order chi connectivity index (χ1) is 10.4. The van der Waals surface area contributed by atoms with E-state index in [4.69, 9.17) is 4.74 Å². The molecule has 0 bridgehead atoms. The van der Waals surface area contributed by atoms with Gasteiger partial charge in [0, 0.05) is 38.0 Å². The Morgan fingerprint density at radius 1 is 1.41 bits per heavy atom. The Balaban J connectivity index is 1.57. The van der Waals surface area contributed by atoms with Crippen LogP contribution >= 0.6 is 0 Å². The van der Waals surface area contributed by atoms with Crippen LogP contribution in [0.2, 0.25) is 0 Å². The lowest BCUT2D eigenvalue weighted by Crippen LogP contribution is -2.63. The number of alkyl halides is 2. The van der Waals surface area contributed by atoms with Gasteiger partial charge >= 0.3 is 0 Å². The zero-order valence-electron chi connectivity index (χ0n) is 12.9. The Bertz CT molecular complexity index is 437. The average molecular weight is 318 g/mol. The van der Waals surface area contributed by atoms with Gasteiger partial charge in [0.05, 0.1) is 24.8 Å². The van der Waals surface area contributed by atoms with Crippen LogP contribution in [0.15, 0.2) is 0 Å². The van der Waals surface area contributed by atoms with Crippen molar-refractivity contribution in [2.45, 2.75) is 56.8 Å². The summed E-state index contributed by atoms with van der Waals surface area (Å²) in [5.74, 6) is -3.03. The summed E-state index contributed by atoms with van der Waals surface area (Å²) in [6, 6.07) is -0.780. The van der Waals surface area contributed by atoms with E-state index in [2.05, 4.69) is 5.32 Å². The lowest BCUT2D eigenvalue weighted by atomic mass is 9.58. The van der Waals surface area contributed by atoms with E-state index in [1.165, 1.54) is 0 Å². The first-order valence-electron chi connectivity index (χ1n) is 8.08.